The van der Waals surface area contributed by atoms with Crippen LogP contribution < -0.4 is 10.5 Å². The second-order valence-electron chi connectivity index (χ2n) is 2.73. The fourth-order valence-electron chi connectivity index (χ4n) is 0.921. The van der Waals surface area contributed by atoms with Crippen LogP contribution in [-0.4, -0.2) is 34.7 Å². The maximum atomic E-state index is 11.5. The van der Waals surface area contributed by atoms with Crippen molar-refractivity contribution < 1.29 is 13.2 Å². The van der Waals surface area contributed by atoms with Crippen molar-refractivity contribution in [2.45, 2.75) is 4.21 Å². The molecule has 0 aliphatic heterocycles. The highest BCUT2D eigenvalue weighted by molar-refractivity contribution is 7.91. The average Bonchev–Trinajstić information content (AvgIpc) is 2.70. The number of thiophene rings is 1. The summed E-state index contributed by atoms with van der Waals surface area (Å²) in [5, 5.41) is 1.72. The number of nitrogens with two attached hydrogens (primary N) is 1. The second-order valence-corrected chi connectivity index (χ2v) is 5.67. The Morgan fingerprint density at radius 1 is 1.47 bits per heavy atom. The minimum atomic E-state index is -3.35. The van der Waals surface area contributed by atoms with Crippen molar-refractivity contribution in [2.75, 3.05) is 26.3 Å². The first-order chi connectivity index (χ1) is 7.17. The van der Waals surface area contributed by atoms with Crippen molar-refractivity contribution in [3.63, 3.8) is 0 Å². The van der Waals surface area contributed by atoms with Gasteiger partial charge in [-0.1, -0.05) is 6.07 Å². The lowest BCUT2D eigenvalue weighted by molar-refractivity contribution is 0.147. The molecular weight excluding hydrogens is 236 g/mol. The van der Waals surface area contributed by atoms with E-state index in [4.69, 9.17) is 10.5 Å². The van der Waals surface area contributed by atoms with Gasteiger partial charge in [0.15, 0.2) is 0 Å². The van der Waals surface area contributed by atoms with Crippen LogP contribution in [0.15, 0.2) is 21.7 Å². The number of nitrogens with one attached hydrogen (secondary N) is 1. The van der Waals surface area contributed by atoms with Gasteiger partial charge in [0.2, 0.25) is 10.0 Å². The largest absolute Gasteiger partial charge is 0.379 e. The standard InChI is InChI=1S/C8H14N2O3S2/c9-3-5-13-6-4-10-15(11,12)8-2-1-7-14-8/h1-2,7,10H,3-6,9H2. The quantitative estimate of drug-likeness (QED) is 0.668. The van der Waals surface area contributed by atoms with E-state index in [9.17, 15) is 8.42 Å². The van der Waals surface area contributed by atoms with Crippen LogP contribution in [0.25, 0.3) is 0 Å². The molecule has 1 heterocycles. The van der Waals surface area contributed by atoms with E-state index in [1.165, 1.54) is 11.3 Å². The minimum absolute atomic E-state index is 0.264. The van der Waals surface area contributed by atoms with E-state index in [2.05, 4.69) is 4.72 Å². The summed E-state index contributed by atoms with van der Waals surface area (Å²) in [6, 6.07) is 3.26. The van der Waals surface area contributed by atoms with Crippen LogP contribution in [-0.2, 0) is 14.8 Å². The summed E-state index contributed by atoms with van der Waals surface area (Å²) in [7, 11) is -3.35. The molecule has 0 saturated carbocycles. The molecule has 1 aromatic heterocycles. The number of hydrogen-bond donors (Lipinski definition) is 2. The number of rotatable bonds is 7. The Morgan fingerprint density at radius 2 is 2.27 bits per heavy atom. The van der Waals surface area contributed by atoms with Gasteiger partial charge in [-0.3, -0.25) is 0 Å². The van der Waals surface area contributed by atoms with Gasteiger partial charge in [-0.2, -0.15) is 0 Å². The molecule has 0 radical (unpaired) electrons. The molecular formula is C8H14N2O3S2. The zero-order valence-corrected chi connectivity index (χ0v) is 9.81. The van der Waals surface area contributed by atoms with Gasteiger partial charge in [0.1, 0.15) is 4.21 Å². The van der Waals surface area contributed by atoms with E-state index in [1.807, 2.05) is 0 Å². The second kappa shape index (κ2) is 6.19. The lowest BCUT2D eigenvalue weighted by Crippen LogP contribution is -2.27. The Bertz CT molecular complexity index is 361. The highest BCUT2D eigenvalue weighted by Gasteiger charge is 2.13. The molecule has 0 aromatic carbocycles. The van der Waals surface area contributed by atoms with Gasteiger partial charge in [0.25, 0.3) is 0 Å². The van der Waals surface area contributed by atoms with Crippen molar-refractivity contribution in [1.82, 2.24) is 4.72 Å². The molecule has 0 atom stereocenters. The van der Waals surface area contributed by atoms with E-state index in [0.717, 1.165) is 0 Å². The fourth-order valence-corrected chi connectivity index (χ4v) is 2.97. The Hall–Kier alpha value is -0.470. The zero-order chi connectivity index (χ0) is 11.1. The van der Waals surface area contributed by atoms with E-state index < -0.39 is 10.0 Å². The number of ether oxygens (including phenoxy) is 1. The van der Waals surface area contributed by atoms with Crippen LogP contribution >= 0.6 is 11.3 Å². The van der Waals surface area contributed by atoms with E-state index in [0.29, 0.717) is 24.0 Å². The van der Waals surface area contributed by atoms with Crippen LogP contribution in [0.2, 0.25) is 0 Å². The molecule has 0 aliphatic carbocycles. The highest BCUT2D eigenvalue weighted by Crippen LogP contribution is 2.14. The summed E-state index contributed by atoms with van der Waals surface area (Å²) in [5.41, 5.74) is 5.21. The van der Waals surface area contributed by atoms with Gasteiger partial charge in [-0.05, 0) is 11.4 Å². The summed E-state index contributed by atoms with van der Waals surface area (Å²) in [6.07, 6.45) is 0. The van der Waals surface area contributed by atoms with E-state index >= 15 is 0 Å². The molecule has 1 aromatic rings. The predicted molar refractivity (Wildman–Crippen MR) is 59.4 cm³/mol. The Kier molecular flexibility index (Phi) is 5.20. The molecule has 0 amide bonds. The number of sulfonamides is 1. The van der Waals surface area contributed by atoms with Gasteiger partial charge in [0, 0.05) is 13.1 Å². The minimum Gasteiger partial charge on any atom is -0.379 e. The highest BCUT2D eigenvalue weighted by atomic mass is 32.2. The first-order valence-corrected chi connectivity index (χ1v) is 6.84. The van der Waals surface area contributed by atoms with Crippen molar-refractivity contribution in [2.24, 2.45) is 5.73 Å². The van der Waals surface area contributed by atoms with Crippen LogP contribution in [0.5, 0.6) is 0 Å². The van der Waals surface area contributed by atoms with Crippen LogP contribution in [0, 0.1) is 0 Å². The molecule has 0 fully saturated rings. The van der Waals surface area contributed by atoms with Crippen molar-refractivity contribution in [3.8, 4) is 0 Å². The third-order valence-electron chi connectivity index (χ3n) is 1.56. The monoisotopic (exact) mass is 250 g/mol. The molecule has 86 valence electrons. The summed E-state index contributed by atoms with van der Waals surface area (Å²) in [6.45, 7) is 1.49. The first-order valence-electron chi connectivity index (χ1n) is 4.48. The molecule has 0 spiro atoms. The summed E-state index contributed by atoms with van der Waals surface area (Å²) in [5.74, 6) is 0. The molecule has 0 unspecified atom stereocenters. The van der Waals surface area contributed by atoms with E-state index in [1.54, 1.807) is 17.5 Å². The van der Waals surface area contributed by atoms with Crippen molar-refractivity contribution in [1.29, 1.82) is 0 Å². The predicted octanol–water partition coefficient (Wildman–Crippen LogP) is 0.00170. The summed E-state index contributed by atoms with van der Waals surface area (Å²) >= 11 is 1.19. The molecule has 0 saturated heterocycles. The smallest absolute Gasteiger partial charge is 0.250 e. The third-order valence-corrected chi connectivity index (χ3v) is 4.42. The Morgan fingerprint density at radius 3 is 2.87 bits per heavy atom. The summed E-state index contributed by atoms with van der Waals surface area (Å²) in [4.78, 5) is 0. The maximum absolute atomic E-state index is 11.5. The molecule has 5 nitrogen and oxygen atoms in total. The number of hydrogen-bond acceptors (Lipinski definition) is 5. The molecule has 15 heavy (non-hydrogen) atoms. The topological polar surface area (TPSA) is 81.4 Å². The molecule has 0 bridgehead atoms. The average molecular weight is 250 g/mol. The van der Waals surface area contributed by atoms with Crippen molar-refractivity contribution >= 4 is 21.4 Å². The SMILES string of the molecule is NCCOCCNS(=O)(=O)c1cccs1. The Labute approximate surface area is 93.3 Å². The first kappa shape index (κ1) is 12.6. The molecule has 0 aliphatic rings. The lowest BCUT2D eigenvalue weighted by atomic mass is 10.7. The van der Waals surface area contributed by atoms with Crippen molar-refractivity contribution in [3.05, 3.63) is 17.5 Å². The maximum Gasteiger partial charge on any atom is 0.250 e. The van der Waals surface area contributed by atoms with Crippen LogP contribution in [0.1, 0.15) is 0 Å². The molecule has 3 N–H and O–H groups in total. The third kappa shape index (κ3) is 4.27. The zero-order valence-electron chi connectivity index (χ0n) is 8.18. The van der Waals surface area contributed by atoms with E-state index in [-0.39, 0.29) is 6.54 Å². The van der Waals surface area contributed by atoms with Gasteiger partial charge in [-0.15, -0.1) is 11.3 Å². The molecule has 7 heteroatoms. The molecule has 1 rings (SSSR count). The fraction of sp³-hybridized carbons (Fsp3) is 0.500. The van der Waals surface area contributed by atoms with Gasteiger partial charge >= 0.3 is 0 Å². The summed E-state index contributed by atoms with van der Waals surface area (Å²) < 4.78 is 30.9. The lowest BCUT2D eigenvalue weighted by Gasteiger charge is -2.04. The van der Waals surface area contributed by atoms with Crippen LogP contribution in [0.4, 0.5) is 0 Å². The van der Waals surface area contributed by atoms with Crippen LogP contribution in [0.3, 0.4) is 0 Å². The van der Waals surface area contributed by atoms with Gasteiger partial charge in [0.05, 0.1) is 13.2 Å². The normalized spacial score (nSPS) is 11.8. The Balaban J connectivity index is 2.32. The van der Waals surface area contributed by atoms with Gasteiger partial charge in [-0.25, -0.2) is 13.1 Å². The van der Waals surface area contributed by atoms with Gasteiger partial charge < -0.3 is 10.5 Å².